The van der Waals surface area contributed by atoms with Crippen molar-refractivity contribution < 1.29 is 9.21 Å². The first-order valence-electron chi connectivity index (χ1n) is 8.21. The van der Waals surface area contributed by atoms with Gasteiger partial charge < -0.3 is 9.73 Å². The van der Waals surface area contributed by atoms with Crippen molar-refractivity contribution in [3.05, 3.63) is 53.7 Å². The van der Waals surface area contributed by atoms with Crippen LogP contribution in [0.1, 0.15) is 36.0 Å². The van der Waals surface area contributed by atoms with E-state index < -0.39 is 0 Å². The normalized spacial score (nSPS) is 16.4. The molecule has 1 saturated heterocycles. The number of carbonyl (C=O) groups excluding carboxylic acids is 1. The smallest absolute Gasteiger partial charge is 0.242 e. The second kappa shape index (κ2) is 7.42. The number of nitrogens with one attached hydrogen (secondary N) is 1. The van der Waals surface area contributed by atoms with Crippen molar-refractivity contribution in [2.45, 2.75) is 32.2 Å². The maximum Gasteiger partial charge on any atom is 0.242 e. The van der Waals surface area contributed by atoms with Crippen LogP contribution in [0.2, 0.25) is 0 Å². The summed E-state index contributed by atoms with van der Waals surface area (Å²) in [4.78, 5) is 19.1. The van der Waals surface area contributed by atoms with Crippen LogP contribution in [-0.4, -0.2) is 35.4 Å². The molecular weight excluding hydrogens is 290 g/mol. The fourth-order valence-corrected chi connectivity index (χ4v) is 3.09. The molecule has 0 aliphatic carbocycles. The fraction of sp³-hybridized carbons (Fsp3) is 0.444. The van der Waals surface area contributed by atoms with Crippen molar-refractivity contribution in [1.29, 1.82) is 0 Å². The van der Waals surface area contributed by atoms with Gasteiger partial charge in [0.2, 0.25) is 5.91 Å². The number of rotatable bonds is 6. The van der Waals surface area contributed by atoms with Gasteiger partial charge in [0, 0.05) is 25.4 Å². The van der Waals surface area contributed by atoms with Gasteiger partial charge in [-0.05, 0) is 56.6 Å². The average molecular weight is 313 g/mol. The van der Waals surface area contributed by atoms with E-state index in [-0.39, 0.29) is 11.9 Å². The summed E-state index contributed by atoms with van der Waals surface area (Å²) in [5.41, 5.74) is 0.959. The van der Waals surface area contributed by atoms with E-state index in [1.165, 1.54) is 0 Å². The second-order valence-electron chi connectivity index (χ2n) is 5.99. The van der Waals surface area contributed by atoms with Crippen molar-refractivity contribution in [3.8, 4) is 0 Å². The SMILES string of the molecule is Cc1ccc(CCNC(=O)[C@@H](c2cccnc2)N2CCCC2)o1. The van der Waals surface area contributed by atoms with Gasteiger partial charge in [-0.1, -0.05) is 6.07 Å². The Balaban J connectivity index is 1.63. The number of nitrogens with zero attached hydrogens (tertiary/aromatic N) is 2. The summed E-state index contributed by atoms with van der Waals surface area (Å²) in [7, 11) is 0. The number of pyridine rings is 1. The van der Waals surface area contributed by atoms with E-state index in [0.717, 1.165) is 43.0 Å². The predicted octanol–water partition coefficient (Wildman–Crippen LogP) is 2.48. The number of aromatic nitrogens is 1. The molecule has 1 fully saturated rings. The summed E-state index contributed by atoms with van der Waals surface area (Å²) in [5.74, 6) is 1.85. The molecule has 5 heteroatoms. The molecule has 0 unspecified atom stereocenters. The highest BCUT2D eigenvalue weighted by Gasteiger charge is 2.29. The fourth-order valence-electron chi connectivity index (χ4n) is 3.09. The summed E-state index contributed by atoms with van der Waals surface area (Å²) < 4.78 is 5.54. The first-order valence-corrected chi connectivity index (χ1v) is 8.21. The molecule has 3 heterocycles. The number of amides is 1. The Bertz CT molecular complexity index is 633. The third-order valence-electron chi connectivity index (χ3n) is 4.22. The molecule has 0 radical (unpaired) electrons. The molecule has 1 atom stereocenters. The van der Waals surface area contributed by atoms with Crippen LogP contribution in [0.15, 0.2) is 41.1 Å². The molecule has 1 amide bonds. The van der Waals surface area contributed by atoms with E-state index >= 15 is 0 Å². The number of hydrogen-bond acceptors (Lipinski definition) is 4. The molecule has 1 aliphatic heterocycles. The topological polar surface area (TPSA) is 58.4 Å². The highest BCUT2D eigenvalue weighted by Crippen LogP contribution is 2.24. The third kappa shape index (κ3) is 3.99. The van der Waals surface area contributed by atoms with Crippen LogP contribution < -0.4 is 5.32 Å². The highest BCUT2D eigenvalue weighted by atomic mass is 16.3. The van der Waals surface area contributed by atoms with Gasteiger partial charge in [-0.25, -0.2) is 0 Å². The highest BCUT2D eigenvalue weighted by molar-refractivity contribution is 5.83. The lowest BCUT2D eigenvalue weighted by molar-refractivity contribution is -0.126. The molecule has 0 spiro atoms. The van der Waals surface area contributed by atoms with E-state index in [4.69, 9.17) is 4.42 Å². The molecule has 5 nitrogen and oxygen atoms in total. The molecule has 0 bridgehead atoms. The first kappa shape index (κ1) is 15.7. The minimum absolute atomic E-state index is 0.0446. The maximum absolute atomic E-state index is 12.7. The summed E-state index contributed by atoms with van der Waals surface area (Å²) in [6.07, 6.45) is 6.53. The van der Waals surface area contributed by atoms with Gasteiger partial charge in [-0.15, -0.1) is 0 Å². The van der Waals surface area contributed by atoms with Crippen molar-refractivity contribution in [1.82, 2.24) is 15.2 Å². The van der Waals surface area contributed by atoms with E-state index in [9.17, 15) is 4.79 Å². The Morgan fingerprint density at radius 1 is 1.35 bits per heavy atom. The van der Waals surface area contributed by atoms with E-state index in [1.54, 1.807) is 12.4 Å². The molecular formula is C18H23N3O2. The van der Waals surface area contributed by atoms with E-state index in [0.29, 0.717) is 13.0 Å². The maximum atomic E-state index is 12.7. The van der Waals surface area contributed by atoms with Gasteiger partial charge in [-0.3, -0.25) is 14.7 Å². The molecule has 2 aromatic heterocycles. The molecule has 2 aromatic rings. The van der Waals surface area contributed by atoms with Crippen molar-refractivity contribution in [3.63, 3.8) is 0 Å². The van der Waals surface area contributed by atoms with Crippen molar-refractivity contribution in [2.75, 3.05) is 19.6 Å². The predicted molar refractivity (Wildman–Crippen MR) is 87.9 cm³/mol. The molecule has 0 aromatic carbocycles. The first-order chi connectivity index (χ1) is 11.2. The number of aryl methyl sites for hydroxylation is 1. The minimum Gasteiger partial charge on any atom is -0.466 e. The Labute approximate surface area is 136 Å². The lowest BCUT2D eigenvalue weighted by atomic mass is 10.1. The molecule has 0 saturated carbocycles. The summed E-state index contributed by atoms with van der Waals surface area (Å²) in [6, 6.07) is 7.52. The summed E-state index contributed by atoms with van der Waals surface area (Å²) in [6.45, 7) is 4.43. The van der Waals surface area contributed by atoms with Crippen LogP contribution in [0.25, 0.3) is 0 Å². The zero-order chi connectivity index (χ0) is 16.1. The van der Waals surface area contributed by atoms with E-state index in [2.05, 4.69) is 15.2 Å². The van der Waals surface area contributed by atoms with Gasteiger partial charge in [0.05, 0.1) is 0 Å². The third-order valence-corrected chi connectivity index (χ3v) is 4.22. The van der Waals surface area contributed by atoms with Crippen LogP contribution in [0.3, 0.4) is 0 Å². The zero-order valence-electron chi connectivity index (χ0n) is 13.5. The summed E-state index contributed by atoms with van der Waals surface area (Å²) >= 11 is 0. The monoisotopic (exact) mass is 313 g/mol. The lowest BCUT2D eigenvalue weighted by Gasteiger charge is -2.26. The van der Waals surface area contributed by atoms with Crippen molar-refractivity contribution in [2.24, 2.45) is 0 Å². The van der Waals surface area contributed by atoms with Gasteiger partial charge in [0.15, 0.2) is 0 Å². The molecule has 23 heavy (non-hydrogen) atoms. The standard InChI is InChI=1S/C18H23N3O2/c1-14-6-7-16(23-14)8-10-20-18(22)17(21-11-2-3-12-21)15-5-4-9-19-13-15/h4-7,9,13,17H,2-3,8,10-12H2,1H3,(H,20,22)/t17-/m1/s1. The molecule has 1 N–H and O–H groups in total. The van der Waals surface area contributed by atoms with E-state index in [1.807, 2.05) is 31.2 Å². The molecule has 122 valence electrons. The van der Waals surface area contributed by atoms with Gasteiger partial charge >= 0.3 is 0 Å². The van der Waals surface area contributed by atoms with Crippen molar-refractivity contribution >= 4 is 5.91 Å². The van der Waals surface area contributed by atoms with Gasteiger partial charge in [0.25, 0.3) is 0 Å². The lowest BCUT2D eigenvalue weighted by Crippen LogP contribution is -2.40. The van der Waals surface area contributed by atoms with Gasteiger partial charge in [-0.2, -0.15) is 0 Å². The van der Waals surface area contributed by atoms with Gasteiger partial charge in [0.1, 0.15) is 17.6 Å². The molecule has 3 rings (SSSR count). The number of furan rings is 1. The number of hydrogen-bond donors (Lipinski definition) is 1. The zero-order valence-corrected chi connectivity index (χ0v) is 13.5. The van der Waals surface area contributed by atoms with Crippen LogP contribution in [0, 0.1) is 6.92 Å². The average Bonchev–Trinajstić information content (AvgIpc) is 3.21. The Hall–Kier alpha value is -2.14. The Kier molecular flexibility index (Phi) is 5.08. The van der Waals surface area contributed by atoms with Crippen LogP contribution in [-0.2, 0) is 11.2 Å². The second-order valence-corrected chi connectivity index (χ2v) is 5.99. The Morgan fingerprint density at radius 2 is 2.17 bits per heavy atom. The van der Waals surface area contributed by atoms with Crippen LogP contribution in [0.5, 0.6) is 0 Å². The number of likely N-dealkylation sites (tertiary alicyclic amines) is 1. The largest absolute Gasteiger partial charge is 0.466 e. The molecule has 1 aliphatic rings. The summed E-state index contributed by atoms with van der Waals surface area (Å²) in [5, 5.41) is 3.05. The van der Waals surface area contributed by atoms with Crippen LogP contribution in [0.4, 0.5) is 0 Å². The Morgan fingerprint density at radius 3 is 2.83 bits per heavy atom. The number of carbonyl (C=O) groups is 1. The van der Waals surface area contributed by atoms with Crippen LogP contribution >= 0.6 is 0 Å². The quantitative estimate of drug-likeness (QED) is 0.890. The minimum atomic E-state index is -0.246.